The second-order valence-corrected chi connectivity index (χ2v) is 10.8. The summed E-state index contributed by atoms with van der Waals surface area (Å²) in [5.41, 5.74) is 10.8. The van der Waals surface area contributed by atoms with Gasteiger partial charge in [-0.3, -0.25) is 0 Å². The van der Waals surface area contributed by atoms with Gasteiger partial charge in [-0.15, -0.1) is 0 Å². The molecule has 7 rings (SSSR count). The molecule has 202 valence electrons. The summed E-state index contributed by atoms with van der Waals surface area (Å²) >= 11 is 0. The highest BCUT2D eigenvalue weighted by Gasteiger charge is 2.14. The molecule has 6 aromatic carbocycles. The predicted molar refractivity (Wildman–Crippen MR) is 180 cm³/mol. The second-order valence-electron chi connectivity index (χ2n) is 10.8. The van der Waals surface area contributed by atoms with Gasteiger partial charge in [0.05, 0.1) is 5.52 Å². The van der Waals surface area contributed by atoms with Gasteiger partial charge in [-0.1, -0.05) is 97.1 Å². The number of aromatic nitrogens is 1. The van der Waals surface area contributed by atoms with Crippen molar-refractivity contribution in [2.45, 2.75) is 13.8 Å². The smallest absolute Gasteiger partial charge is 0.0534 e. The first-order chi connectivity index (χ1) is 20.7. The van der Waals surface area contributed by atoms with Crippen LogP contribution in [0.2, 0.25) is 0 Å². The van der Waals surface area contributed by atoms with Gasteiger partial charge in [0.2, 0.25) is 0 Å². The molecule has 0 aliphatic heterocycles. The van der Waals surface area contributed by atoms with Crippen molar-refractivity contribution in [3.8, 4) is 5.69 Å². The Kier molecular flexibility index (Phi) is 6.65. The fourth-order valence-electron chi connectivity index (χ4n) is 5.87. The van der Waals surface area contributed by atoms with Crippen LogP contribution in [0.15, 0.2) is 146 Å². The standard InChI is InChI=1S/C40H32N2/c1-29-30(2)41(35-13-5-3-6-14-35)40-26-21-32(27-39(29)40)18-17-31-19-23-37(24-20-31)42(36-15-7-4-8-16-36)38-25-22-33-11-9-10-12-34(33)28-38/h3-28H,1-2H3/b18-17+. The number of anilines is 3. The van der Waals surface area contributed by atoms with Crippen molar-refractivity contribution in [2.75, 3.05) is 4.90 Å². The summed E-state index contributed by atoms with van der Waals surface area (Å²) in [7, 11) is 0. The molecule has 0 saturated heterocycles. The zero-order valence-electron chi connectivity index (χ0n) is 23.9. The van der Waals surface area contributed by atoms with Gasteiger partial charge in [0, 0.05) is 33.8 Å². The molecule has 0 unspecified atom stereocenters. The summed E-state index contributed by atoms with van der Waals surface area (Å²) in [5.74, 6) is 0. The molecule has 1 heterocycles. The Hall–Kier alpha value is -5.34. The fourth-order valence-corrected chi connectivity index (χ4v) is 5.87. The zero-order valence-corrected chi connectivity index (χ0v) is 23.9. The lowest BCUT2D eigenvalue weighted by atomic mass is 10.1. The minimum Gasteiger partial charge on any atom is -0.314 e. The Morgan fingerprint density at radius 3 is 1.86 bits per heavy atom. The first-order valence-corrected chi connectivity index (χ1v) is 14.4. The first kappa shape index (κ1) is 25.6. The molecular weight excluding hydrogens is 508 g/mol. The average molecular weight is 541 g/mol. The topological polar surface area (TPSA) is 8.17 Å². The van der Waals surface area contributed by atoms with Crippen molar-refractivity contribution in [3.63, 3.8) is 0 Å². The van der Waals surface area contributed by atoms with Crippen LogP contribution in [0.1, 0.15) is 22.4 Å². The molecule has 0 N–H and O–H groups in total. The van der Waals surface area contributed by atoms with E-state index in [0.717, 1.165) is 17.1 Å². The molecule has 1 aromatic heterocycles. The van der Waals surface area contributed by atoms with Gasteiger partial charge in [-0.25, -0.2) is 0 Å². The van der Waals surface area contributed by atoms with E-state index in [4.69, 9.17) is 0 Å². The maximum absolute atomic E-state index is 2.35. The average Bonchev–Trinajstić information content (AvgIpc) is 3.30. The van der Waals surface area contributed by atoms with E-state index in [0.29, 0.717) is 0 Å². The van der Waals surface area contributed by atoms with Crippen LogP contribution < -0.4 is 4.90 Å². The number of hydrogen-bond acceptors (Lipinski definition) is 1. The quantitative estimate of drug-likeness (QED) is 0.190. The van der Waals surface area contributed by atoms with Gasteiger partial charge in [-0.2, -0.15) is 0 Å². The molecule has 42 heavy (non-hydrogen) atoms. The highest BCUT2D eigenvalue weighted by Crippen LogP contribution is 2.36. The summed E-state index contributed by atoms with van der Waals surface area (Å²) in [5, 5.41) is 3.77. The lowest BCUT2D eigenvalue weighted by Crippen LogP contribution is -2.09. The Morgan fingerprint density at radius 2 is 1.10 bits per heavy atom. The molecule has 0 radical (unpaired) electrons. The molecule has 0 amide bonds. The largest absolute Gasteiger partial charge is 0.314 e. The monoisotopic (exact) mass is 540 g/mol. The molecular formula is C40H32N2. The van der Waals surface area contributed by atoms with Gasteiger partial charge >= 0.3 is 0 Å². The molecule has 2 nitrogen and oxygen atoms in total. The van der Waals surface area contributed by atoms with Crippen molar-refractivity contribution in [1.29, 1.82) is 0 Å². The number of fused-ring (bicyclic) bond motifs is 2. The van der Waals surface area contributed by atoms with Gasteiger partial charge in [0.1, 0.15) is 0 Å². The molecule has 2 heteroatoms. The van der Waals surface area contributed by atoms with Crippen LogP contribution in [0.3, 0.4) is 0 Å². The molecule has 0 aliphatic rings. The Labute approximate surface area is 247 Å². The minimum absolute atomic E-state index is 1.13. The summed E-state index contributed by atoms with van der Waals surface area (Å²) in [6.45, 7) is 4.42. The van der Waals surface area contributed by atoms with E-state index in [9.17, 15) is 0 Å². The van der Waals surface area contributed by atoms with Crippen molar-refractivity contribution in [3.05, 3.63) is 168 Å². The van der Waals surface area contributed by atoms with Crippen molar-refractivity contribution >= 4 is 50.9 Å². The number of rotatable bonds is 6. The van der Waals surface area contributed by atoms with E-state index in [1.54, 1.807) is 0 Å². The van der Waals surface area contributed by atoms with E-state index in [1.807, 2.05) is 0 Å². The van der Waals surface area contributed by atoms with Crippen LogP contribution in [-0.2, 0) is 0 Å². The van der Waals surface area contributed by atoms with E-state index in [2.05, 4.69) is 181 Å². The lowest BCUT2D eigenvalue weighted by molar-refractivity contribution is 1.04. The molecule has 0 saturated carbocycles. The van der Waals surface area contributed by atoms with Crippen LogP contribution >= 0.6 is 0 Å². The zero-order chi connectivity index (χ0) is 28.5. The third-order valence-corrected chi connectivity index (χ3v) is 8.18. The molecule has 0 atom stereocenters. The van der Waals surface area contributed by atoms with Crippen LogP contribution in [0, 0.1) is 13.8 Å². The maximum atomic E-state index is 2.35. The van der Waals surface area contributed by atoms with E-state index in [-0.39, 0.29) is 0 Å². The van der Waals surface area contributed by atoms with E-state index >= 15 is 0 Å². The lowest BCUT2D eigenvalue weighted by Gasteiger charge is -2.26. The van der Waals surface area contributed by atoms with Crippen molar-refractivity contribution < 1.29 is 0 Å². The third-order valence-electron chi connectivity index (χ3n) is 8.18. The summed E-state index contributed by atoms with van der Waals surface area (Å²) in [4.78, 5) is 2.32. The summed E-state index contributed by atoms with van der Waals surface area (Å²) in [6, 6.07) is 51.9. The van der Waals surface area contributed by atoms with Crippen molar-refractivity contribution in [1.82, 2.24) is 4.57 Å². The SMILES string of the molecule is Cc1c(C)n(-c2ccccc2)c2ccc(/C=C/c3ccc(N(c4ccccc4)c4ccc5ccccc5c4)cc3)cc12. The normalized spacial score (nSPS) is 11.5. The first-order valence-electron chi connectivity index (χ1n) is 14.4. The van der Waals surface area contributed by atoms with Gasteiger partial charge in [-0.05, 0) is 102 Å². The second kappa shape index (κ2) is 10.9. The van der Waals surface area contributed by atoms with Crippen LogP contribution in [0.25, 0.3) is 39.5 Å². The molecule has 0 bridgehead atoms. The molecule has 0 aliphatic carbocycles. The number of aryl methyl sites for hydroxylation is 1. The maximum Gasteiger partial charge on any atom is 0.0534 e. The van der Waals surface area contributed by atoms with Crippen molar-refractivity contribution in [2.24, 2.45) is 0 Å². The highest BCUT2D eigenvalue weighted by atomic mass is 15.1. The van der Waals surface area contributed by atoms with Gasteiger partial charge in [0.15, 0.2) is 0 Å². The number of benzene rings is 6. The molecule has 7 aromatic rings. The summed E-state index contributed by atoms with van der Waals surface area (Å²) < 4.78 is 2.35. The molecule has 0 spiro atoms. The Balaban J connectivity index is 1.19. The Bertz CT molecular complexity index is 2030. The van der Waals surface area contributed by atoms with Crippen LogP contribution in [0.4, 0.5) is 17.1 Å². The van der Waals surface area contributed by atoms with Gasteiger partial charge < -0.3 is 9.47 Å². The number of hydrogen-bond donors (Lipinski definition) is 0. The molecule has 0 fully saturated rings. The fraction of sp³-hybridized carbons (Fsp3) is 0.0500. The highest BCUT2D eigenvalue weighted by molar-refractivity contribution is 5.91. The van der Waals surface area contributed by atoms with E-state index < -0.39 is 0 Å². The minimum atomic E-state index is 1.13. The van der Waals surface area contributed by atoms with Crippen LogP contribution in [-0.4, -0.2) is 4.57 Å². The number of nitrogens with zero attached hydrogens (tertiary/aromatic N) is 2. The summed E-state index contributed by atoms with van der Waals surface area (Å²) in [6.07, 6.45) is 4.41. The third kappa shape index (κ3) is 4.78. The van der Waals surface area contributed by atoms with E-state index in [1.165, 1.54) is 49.7 Å². The Morgan fingerprint density at radius 1 is 0.500 bits per heavy atom. The number of para-hydroxylation sites is 2. The van der Waals surface area contributed by atoms with Crippen LogP contribution in [0.5, 0.6) is 0 Å². The predicted octanol–water partition coefficient (Wildman–Crippen LogP) is 11.0. The van der Waals surface area contributed by atoms with Gasteiger partial charge in [0.25, 0.3) is 0 Å².